The van der Waals surface area contributed by atoms with Gasteiger partial charge in [0.2, 0.25) is 0 Å². The average molecular weight is 468 g/mol. The molecule has 2 aromatic rings. The fraction of sp³-hybridized carbons (Fsp3) is 0.400. The van der Waals surface area contributed by atoms with Crippen molar-refractivity contribution in [1.82, 2.24) is 15.2 Å². The molecule has 0 saturated carbocycles. The van der Waals surface area contributed by atoms with E-state index in [0.717, 1.165) is 31.2 Å². The number of halogens is 1. The number of nitrogens with zero attached hydrogens (tertiary/aromatic N) is 3. The Bertz CT molecular complexity index is 688. The number of rotatable bonds is 7. The highest BCUT2D eigenvalue weighted by atomic mass is 127. The number of benzene rings is 1. The van der Waals surface area contributed by atoms with Crippen LogP contribution in [0.5, 0.6) is 5.75 Å². The van der Waals surface area contributed by atoms with Gasteiger partial charge in [-0.1, -0.05) is 12.1 Å². The van der Waals surface area contributed by atoms with Gasteiger partial charge in [-0.2, -0.15) is 0 Å². The first kappa shape index (κ1) is 22.2. The Hall–Kier alpha value is -1.83. The quantitative estimate of drug-likeness (QED) is 0.383. The Morgan fingerprint density at radius 3 is 2.58 bits per heavy atom. The first-order chi connectivity index (χ1) is 12.1. The van der Waals surface area contributed by atoms with Crippen LogP contribution in [-0.4, -0.2) is 43.1 Å². The third-order valence-electron chi connectivity index (χ3n) is 4.04. The molecule has 26 heavy (non-hydrogen) atoms. The van der Waals surface area contributed by atoms with Gasteiger partial charge in [0.15, 0.2) is 5.96 Å². The van der Waals surface area contributed by atoms with E-state index in [1.54, 1.807) is 0 Å². The van der Waals surface area contributed by atoms with Gasteiger partial charge in [-0.05, 0) is 55.2 Å². The number of aryl methyl sites for hydroxylation is 1. The molecule has 1 aromatic heterocycles. The molecule has 1 heterocycles. The van der Waals surface area contributed by atoms with Crippen molar-refractivity contribution < 1.29 is 4.74 Å². The summed E-state index contributed by atoms with van der Waals surface area (Å²) in [5.74, 6) is 1.80. The molecule has 0 radical (unpaired) electrons. The Morgan fingerprint density at radius 2 is 1.96 bits per heavy atom. The molecule has 0 aliphatic carbocycles. The predicted octanol–water partition coefficient (Wildman–Crippen LogP) is 3.66. The Kier molecular flexibility index (Phi) is 10.0. The molecule has 1 N–H and O–H groups in total. The zero-order valence-electron chi connectivity index (χ0n) is 16.0. The average Bonchev–Trinajstić information content (AvgIpc) is 2.62. The Labute approximate surface area is 173 Å². The van der Waals surface area contributed by atoms with Gasteiger partial charge >= 0.3 is 0 Å². The smallest absolute Gasteiger partial charge is 0.193 e. The Balaban J connectivity index is 0.00000338. The number of guanidine groups is 1. The van der Waals surface area contributed by atoms with E-state index in [4.69, 9.17) is 4.74 Å². The molecule has 0 atom stereocenters. The number of hydrogen-bond donors (Lipinski definition) is 1. The van der Waals surface area contributed by atoms with Crippen LogP contribution in [0.2, 0.25) is 0 Å². The molecule has 0 aliphatic rings. The second kappa shape index (κ2) is 11.7. The van der Waals surface area contributed by atoms with E-state index in [1.807, 2.05) is 45.5 Å². The number of ether oxygens (including phenoxy) is 1. The van der Waals surface area contributed by atoms with E-state index in [9.17, 15) is 0 Å². The van der Waals surface area contributed by atoms with Crippen LogP contribution < -0.4 is 10.1 Å². The maximum Gasteiger partial charge on any atom is 0.193 e. The summed E-state index contributed by atoms with van der Waals surface area (Å²) < 4.78 is 5.49. The van der Waals surface area contributed by atoms with Crippen LogP contribution in [0.15, 0.2) is 47.7 Å². The number of hydrogen-bond acceptors (Lipinski definition) is 3. The zero-order chi connectivity index (χ0) is 18.1. The van der Waals surface area contributed by atoms with Gasteiger partial charge in [-0.15, -0.1) is 24.0 Å². The van der Waals surface area contributed by atoms with E-state index >= 15 is 0 Å². The molecule has 0 unspecified atom stereocenters. The highest BCUT2D eigenvalue weighted by molar-refractivity contribution is 14.0. The fourth-order valence-electron chi connectivity index (χ4n) is 2.68. The maximum atomic E-state index is 5.49. The van der Waals surface area contributed by atoms with Gasteiger partial charge < -0.3 is 15.0 Å². The van der Waals surface area contributed by atoms with E-state index in [0.29, 0.717) is 6.61 Å². The van der Waals surface area contributed by atoms with Crippen molar-refractivity contribution in [3.63, 3.8) is 0 Å². The van der Waals surface area contributed by atoms with Crippen LogP contribution >= 0.6 is 24.0 Å². The van der Waals surface area contributed by atoms with Gasteiger partial charge in [0, 0.05) is 39.6 Å². The van der Waals surface area contributed by atoms with Gasteiger partial charge in [-0.3, -0.25) is 9.98 Å². The summed E-state index contributed by atoms with van der Waals surface area (Å²) in [5.41, 5.74) is 3.76. The highest BCUT2D eigenvalue weighted by Gasteiger charge is 2.07. The molecular formula is C20H29IN4O. The van der Waals surface area contributed by atoms with Crippen molar-refractivity contribution in [2.75, 3.05) is 27.2 Å². The van der Waals surface area contributed by atoms with E-state index in [1.165, 1.54) is 16.7 Å². The van der Waals surface area contributed by atoms with Crippen molar-refractivity contribution in [3.8, 4) is 5.75 Å². The number of aliphatic imine (C=N–C) groups is 1. The van der Waals surface area contributed by atoms with Gasteiger partial charge in [-0.25, -0.2) is 0 Å². The molecule has 0 aliphatic heterocycles. The minimum Gasteiger partial charge on any atom is -0.494 e. The lowest BCUT2D eigenvalue weighted by atomic mass is 10.1. The summed E-state index contributed by atoms with van der Waals surface area (Å²) in [4.78, 5) is 10.6. The largest absolute Gasteiger partial charge is 0.494 e. The third-order valence-corrected chi connectivity index (χ3v) is 4.04. The summed E-state index contributed by atoms with van der Waals surface area (Å²) in [6.45, 7) is 6.40. The number of nitrogens with one attached hydrogen (secondary N) is 1. The molecule has 142 valence electrons. The summed E-state index contributed by atoms with van der Waals surface area (Å²) in [7, 11) is 3.86. The van der Waals surface area contributed by atoms with Crippen molar-refractivity contribution in [1.29, 1.82) is 0 Å². The van der Waals surface area contributed by atoms with Crippen LogP contribution in [0.25, 0.3) is 0 Å². The first-order valence-electron chi connectivity index (χ1n) is 8.67. The SMILES string of the molecule is CCOc1ccc(CN(C)C(=NC)NCCc2ccncc2C)cc1.I. The van der Waals surface area contributed by atoms with Gasteiger partial charge in [0.1, 0.15) is 5.75 Å². The van der Waals surface area contributed by atoms with Gasteiger partial charge in [0.25, 0.3) is 0 Å². The molecule has 2 rings (SSSR count). The van der Waals surface area contributed by atoms with Gasteiger partial charge in [0.05, 0.1) is 6.61 Å². The lowest BCUT2D eigenvalue weighted by Gasteiger charge is -2.22. The predicted molar refractivity (Wildman–Crippen MR) is 119 cm³/mol. The lowest BCUT2D eigenvalue weighted by Crippen LogP contribution is -2.39. The summed E-state index contributed by atoms with van der Waals surface area (Å²) in [6, 6.07) is 10.3. The maximum absolute atomic E-state index is 5.49. The first-order valence-corrected chi connectivity index (χ1v) is 8.67. The van der Waals surface area contributed by atoms with Crippen molar-refractivity contribution in [2.45, 2.75) is 26.8 Å². The van der Waals surface area contributed by atoms with Crippen molar-refractivity contribution >= 4 is 29.9 Å². The molecule has 0 amide bonds. The second-order valence-electron chi connectivity index (χ2n) is 5.96. The lowest BCUT2D eigenvalue weighted by molar-refractivity contribution is 0.340. The summed E-state index contributed by atoms with van der Waals surface area (Å²) >= 11 is 0. The van der Waals surface area contributed by atoms with Crippen molar-refractivity contribution in [2.24, 2.45) is 4.99 Å². The molecule has 0 saturated heterocycles. The Morgan fingerprint density at radius 1 is 1.23 bits per heavy atom. The topological polar surface area (TPSA) is 49.8 Å². The van der Waals surface area contributed by atoms with Crippen LogP contribution in [0.1, 0.15) is 23.6 Å². The number of aromatic nitrogens is 1. The van der Waals surface area contributed by atoms with E-state index in [2.05, 4.69) is 45.3 Å². The molecule has 0 fully saturated rings. The van der Waals surface area contributed by atoms with E-state index in [-0.39, 0.29) is 24.0 Å². The van der Waals surface area contributed by atoms with Crippen LogP contribution in [0.3, 0.4) is 0 Å². The fourth-order valence-corrected chi connectivity index (χ4v) is 2.68. The molecule has 0 spiro atoms. The van der Waals surface area contributed by atoms with Crippen LogP contribution in [-0.2, 0) is 13.0 Å². The van der Waals surface area contributed by atoms with Crippen LogP contribution in [0, 0.1) is 6.92 Å². The van der Waals surface area contributed by atoms with Crippen molar-refractivity contribution in [3.05, 3.63) is 59.4 Å². The normalized spacial score (nSPS) is 10.8. The zero-order valence-corrected chi connectivity index (χ0v) is 18.4. The molecule has 5 nitrogen and oxygen atoms in total. The van der Waals surface area contributed by atoms with Crippen LogP contribution in [0.4, 0.5) is 0 Å². The monoisotopic (exact) mass is 468 g/mol. The highest BCUT2D eigenvalue weighted by Crippen LogP contribution is 2.13. The molecule has 1 aromatic carbocycles. The molecule has 6 heteroatoms. The van der Waals surface area contributed by atoms with E-state index < -0.39 is 0 Å². The molecular weight excluding hydrogens is 439 g/mol. The standard InChI is InChI=1S/C20H28N4O.HI/c1-5-25-19-8-6-17(7-9-19)15-24(4)20(21-3)23-13-11-18-10-12-22-14-16(18)2;/h6-10,12,14H,5,11,13,15H2,1-4H3,(H,21,23);1H. The summed E-state index contributed by atoms with van der Waals surface area (Å²) in [6.07, 6.45) is 4.70. The second-order valence-corrected chi connectivity index (χ2v) is 5.96. The molecule has 0 bridgehead atoms. The minimum absolute atomic E-state index is 0. The number of pyridine rings is 1. The third kappa shape index (κ3) is 6.82. The minimum atomic E-state index is 0. The summed E-state index contributed by atoms with van der Waals surface area (Å²) in [5, 5.41) is 3.43.